The molecule has 1 N–H and O–H groups in total. The van der Waals surface area contributed by atoms with E-state index in [0.29, 0.717) is 6.42 Å². The van der Waals surface area contributed by atoms with Gasteiger partial charge in [0.1, 0.15) is 0 Å². The van der Waals surface area contributed by atoms with Crippen molar-refractivity contribution in [3.63, 3.8) is 0 Å². The van der Waals surface area contributed by atoms with Crippen LogP contribution >= 0.6 is 0 Å². The maximum Gasteiger partial charge on any atom is 0.308 e. The molecule has 2 heterocycles. The van der Waals surface area contributed by atoms with Crippen LogP contribution in [-0.2, 0) is 9.59 Å². The summed E-state index contributed by atoms with van der Waals surface area (Å²) in [6.07, 6.45) is 4.59. The Morgan fingerprint density at radius 1 is 1.13 bits per heavy atom. The number of carboxylic acid groups (broad SMARTS) is 1. The second-order valence-electron chi connectivity index (χ2n) is 5.00. The van der Waals surface area contributed by atoms with Crippen LogP contribution in [0.25, 0.3) is 0 Å². The highest BCUT2D eigenvalue weighted by atomic mass is 16.4. The van der Waals surface area contributed by atoms with Gasteiger partial charge in [-0.2, -0.15) is 0 Å². The van der Waals surface area contributed by atoms with Crippen molar-refractivity contribution in [1.29, 1.82) is 0 Å². The number of amides is 1. The molecular weight excluding hydrogens is 194 g/mol. The molecule has 2 saturated heterocycles. The van der Waals surface area contributed by atoms with Gasteiger partial charge in [-0.05, 0) is 32.1 Å². The number of fused-ring (bicyclic) bond motifs is 2. The Kier molecular flexibility index (Phi) is 1.82. The minimum absolute atomic E-state index is 0.000556. The average Bonchev–Trinajstić information content (AvgIpc) is 2.90. The third-order valence-corrected chi connectivity index (χ3v) is 4.04. The maximum absolute atomic E-state index is 12.0. The minimum Gasteiger partial charge on any atom is -0.481 e. The molecule has 1 amide bonds. The molecule has 0 spiro atoms. The molecule has 4 nitrogen and oxygen atoms in total. The zero-order valence-corrected chi connectivity index (χ0v) is 8.56. The summed E-state index contributed by atoms with van der Waals surface area (Å²) in [5.41, 5.74) is 0. The fraction of sp³-hybridized carbons (Fsp3) is 0.818. The van der Waals surface area contributed by atoms with E-state index in [2.05, 4.69) is 0 Å². The molecule has 0 aromatic rings. The smallest absolute Gasteiger partial charge is 0.308 e. The van der Waals surface area contributed by atoms with E-state index in [9.17, 15) is 9.59 Å². The first-order valence-electron chi connectivity index (χ1n) is 5.73. The number of carboxylic acids is 1. The zero-order chi connectivity index (χ0) is 10.6. The first-order valence-corrected chi connectivity index (χ1v) is 5.73. The van der Waals surface area contributed by atoms with Crippen LogP contribution in [0.5, 0.6) is 0 Å². The lowest BCUT2D eigenvalue weighted by Crippen LogP contribution is -2.38. The Morgan fingerprint density at radius 2 is 1.87 bits per heavy atom. The van der Waals surface area contributed by atoms with Crippen molar-refractivity contribution >= 4 is 11.9 Å². The number of carbonyl (C=O) groups excluding carboxylic acids is 1. The van der Waals surface area contributed by atoms with Crippen LogP contribution in [0, 0.1) is 11.8 Å². The van der Waals surface area contributed by atoms with Crippen molar-refractivity contribution in [3.8, 4) is 0 Å². The van der Waals surface area contributed by atoms with Crippen LogP contribution in [0.3, 0.4) is 0 Å². The van der Waals surface area contributed by atoms with Crippen LogP contribution in [0.15, 0.2) is 0 Å². The Hall–Kier alpha value is -1.06. The maximum atomic E-state index is 12.0. The van der Waals surface area contributed by atoms with Crippen molar-refractivity contribution in [2.75, 3.05) is 0 Å². The summed E-state index contributed by atoms with van der Waals surface area (Å²) in [6, 6.07) is 0.227. The number of nitrogens with zero attached hydrogens (tertiary/aromatic N) is 1. The van der Waals surface area contributed by atoms with Gasteiger partial charge >= 0.3 is 5.97 Å². The topological polar surface area (TPSA) is 57.6 Å². The molecule has 4 heteroatoms. The van der Waals surface area contributed by atoms with Gasteiger partial charge in [-0.25, -0.2) is 0 Å². The highest BCUT2D eigenvalue weighted by Crippen LogP contribution is 2.45. The molecule has 3 fully saturated rings. The van der Waals surface area contributed by atoms with E-state index >= 15 is 0 Å². The van der Waals surface area contributed by atoms with Gasteiger partial charge in [-0.3, -0.25) is 9.59 Å². The molecule has 3 unspecified atom stereocenters. The van der Waals surface area contributed by atoms with Crippen molar-refractivity contribution in [2.45, 2.75) is 44.2 Å². The van der Waals surface area contributed by atoms with Gasteiger partial charge in [0.05, 0.1) is 5.92 Å². The number of aliphatic carboxylic acids is 1. The monoisotopic (exact) mass is 209 g/mol. The van der Waals surface area contributed by atoms with E-state index in [0.717, 1.165) is 25.7 Å². The Labute approximate surface area is 88.2 Å². The van der Waals surface area contributed by atoms with Crippen LogP contribution < -0.4 is 0 Å². The lowest BCUT2D eigenvalue weighted by molar-refractivity contribution is -0.143. The van der Waals surface area contributed by atoms with Crippen molar-refractivity contribution in [2.24, 2.45) is 11.8 Å². The SMILES string of the molecule is O=C(O)C1CC2CCC1N2C(=O)C1CC1. The van der Waals surface area contributed by atoms with E-state index in [4.69, 9.17) is 5.11 Å². The largest absolute Gasteiger partial charge is 0.481 e. The fourth-order valence-electron chi connectivity index (χ4n) is 3.14. The minimum atomic E-state index is -0.726. The first kappa shape index (κ1) is 9.19. The Morgan fingerprint density at radius 3 is 2.40 bits per heavy atom. The highest BCUT2D eigenvalue weighted by Gasteiger charge is 2.53. The van der Waals surface area contributed by atoms with Crippen molar-refractivity contribution < 1.29 is 14.7 Å². The standard InChI is InChI=1S/C11H15NO3/c13-10(6-1-2-6)12-7-3-4-9(12)8(5-7)11(14)15/h6-9H,1-5H2,(H,14,15). The number of rotatable bonds is 2. The predicted molar refractivity (Wildman–Crippen MR) is 52.1 cm³/mol. The summed E-state index contributed by atoms with van der Waals surface area (Å²) in [4.78, 5) is 24.9. The normalized spacial score (nSPS) is 38.4. The van der Waals surface area contributed by atoms with E-state index in [1.54, 1.807) is 0 Å². The lowest BCUT2D eigenvalue weighted by Gasteiger charge is -2.22. The molecule has 0 aromatic heterocycles. The Balaban J connectivity index is 1.80. The second-order valence-corrected chi connectivity index (χ2v) is 5.00. The summed E-state index contributed by atoms with van der Waals surface area (Å²) in [5, 5.41) is 9.05. The Bertz CT molecular complexity index is 324. The molecule has 15 heavy (non-hydrogen) atoms. The van der Waals surface area contributed by atoms with Gasteiger partial charge in [0.15, 0.2) is 0 Å². The van der Waals surface area contributed by atoms with Crippen molar-refractivity contribution in [3.05, 3.63) is 0 Å². The number of hydrogen-bond donors (Lipinski definition) is 1. The van der Waals surface area contributed by atoms with Gasteiger partial charge in [-0.15, -0.1) is 0 Å². The van der Waals surface area contributed by atoms with Gasteiger partial charge in [0, 0.05) is 18.0 Å². The summed E-state index contributed by atoms with van der Waals surface area (Å²) < 4.78 is 0. The second kappa shape index (κ2) is 2.97. The van der Waals surface area contributed by atoms with Gasteiger partial charge in [0.25, 0.3) is 0 Å². The number of hydrogen-bond acceptors (Lipinski definition) is 2. The molecule has 0 aromatic carbocycles. The molecule has 2 aliphatic heterocycles. The molecule has 82 valence electrons. The number of carbonyl (C=O) groups is 2. The van der Waals surface area contributed by atoms with Crippen LogP contribution in [0.2, 0.25) is 0 Å². The third-order valence-electron chi connectivity index (χ3n) is 4.04. The molecule has 3 aliphatic rings. The molecule has 3 atom stereocenters. The van der Waals surface area contributed by atoms with Crippen LogP contribution in [-0.4, -0.2) is 34.0 Å². The van der Waals surface area contributed by atoms with Crippen molar-refractivity contribution in [1.82, 2.24) is 4.90 Å². The van der Waals surface area contributed by atoms with Crippen LogP contribution in [0.4, 0.5) is 0 Å². The molecule has 0 radical (unpaired) electrons. The quantitative estimate of drug-likeness (QED) is 0.733. The molecule has 1 saturated carbocycles. The van der Waals surface area contributed by atoms with E-state index in [1.165, 1.54) is 0 Å². The van der Waals surface area contributed by atoms with Gasteiger partial charge in [0.2, 0.25) is 5.91 Å². The predicted octanol–water partition coefficient (Wildman–Crippen LogP) is 0.861. The zero-order valence-electron chi connectivity index (χ0n) is 8.56. The summed E-state index contributed by atoms with van der Waals surface area (Å²) in [7, 11) is 0. The lowest BCUT2D eigenvalue weighted by atomic mass is 9.89. The summed E-state index contributed by atoms with van der Waals surface area (Å²) in [5.74, 6) is -0.575. The van der Waals surface area contributed by atoms with Gasteiger partial charge < -0.3 is 10.0 Å². The fourth-order valence-corrected chi connectivity index (χ4v) is 3.14. The van der Waals surface area contributed by atoms with E-state index < -0.39 is 5.97 Å². The third kappa shape index (κ3) is 1.27. The van der Waals surface area contributed by atoms with Crippen LogP contribution in [0.1, 0.15) is 32.1 Å². The molecule has 1 aliphatic carbocycles. The van der Waals surface area contributed by atoms with Gasteiger partial charge in [-0.1, -0.05) is 0 Å². The van der Waals surface area contributed by atoms with E-state index in [1.807, 2.05) is 4.90 Å². The van der Waals surface area contributed by atoms with E-state index in [-0.39, 0.29) is 29.8 Å². The molecule has 3 rings (SSSR count). The molecule has 2 bridgehead atoms. The molecular formula is C11H15NO3. The first-order chi connectivity index (χ1) is 7.18. The summed E-state index contributed by atoms with van der Waals surface area (Å²) >= 11 is 0. The summed E-state index contributed by atoms with van der Waals surface area (Å²) in [6.45, 7) is 0. The highest BCUT2D eigenvalue weighted by molar-refractivity contribution is 5.84. The average molecular weight is 209 g/mol.